The molecule has 0 aromatic carbocycles. The highest BCUT2D eigenvalue weighted by Gasteiger charge is 2.34. The van der Waals surface area contributed by atoms with Crippen LogP contribution in [0.4, 0.5) is 5.13 Å². The number of nitrogens with one attached hydrogen (secondary N) is 1. The van der Waals surface area contributed by atoms with Gasteiger partial charge in [0.15, 0.2) is 0 Å². The molecule has 1 aliphatic carbocycles. The van der Waals surface area contributed by atoms with E-state index in [9.17, 15) is 4.79 Å². The molecule has 5 nitrogen and oxygen atoms in total. The van der Waals surface area contributed by atoms with Gasteiger partial charge < -0.3 is 10.2 Å². The lowest BCUT2D eigenvalue weighted by molar-refractivity contribution is 0.0734. The normalized spacial score (nSPS) is 14.6. The molecule has 1 aromatic rings. The van der Waals surface area contributed by atoms with E-state index in [0.717, 1.165) is 43.9 Å². The van der Waals surface area contributed by atoms with Gasteiger partial charge in [-0.05, 0) is 31.6 Å². The number of anilines is 1. The summed E-state index contributed by atoms with van der Waals surface area (Å²) in [5.41, 5.74) is 0. The highest BCUT2D eigenvalue weighted by Crippen LogP contribution is 2.30. The first-order valence-electron chi connectivity index (χ1n) is 7.50. The molecule has 1 aliphatic rings. The molecule has 1 N–H and O–H groups in total. The highest BCUT2D eigenvalue weighted by atomic mass is 32.1. The Hall–Kier alpha value is -1.17. The predicted octanol–water partition coefficient (Wildman–Crippen LogP) is 3.01. The number of rotatable bonds is 8. The monoisotopic (exact) mass is 296 g/mol. The zero-order chi connectivity index (χ0) is 14.5. The van der Waals surface area contributed by atoms with Gasteiger partial charge in [0, 0.05) is 19.1 Å². The van der Waals surface area contributed by atoms with Crippen molar-refractivity contribution in [3.05, 3.63) is 5.01 Å². The fraction of sp³-hybridized carbons (Fsp3) is 0.786. The van der Waals surface area contributed by atoms with Crippen molar-refractivity contribution in [2.75, 3.05) is 18.4 Å². The van der Waals surface area contributed by atoms with Crippen LogP contribution in [0.25, 0.3) is 0 Å². The van der Waals surface area contributed by atoms with Gasteiger partial charge in [-0.3, -0.25) is 4.79 Å². The van der Waals surface area contributed by atoms with Gasteiger partial charge in [0.2, 0.25) is 10.1 Å². The molecule has 6 heteroatoms. The van der Waals surface area contributed by atoms with Crippen LogP contribution in [-0.4, -0.2) is 40.1 Å². The predicted molar refractivity (Wildman–Crippen MR) is 82.2 cm³/mol. The van der Waals surface area contributed by atoms with E-state index in [4.69, 9.17) is 0 Å². The third kappa shape index (κ3) is 4.16. The average molecular weight is 296 g/mol. The summed E-state index contributed by atoms with van der Waals surface area (Å²) < 4.78 is 0. The van der Waals surface area contributed by atoms with Crippen LogP contribution < -0.4 is 5.32 Å². The lowest BCUT2D eigenvalue weighted by Gasteiger charge is -2.21. The summed E-state index contributed by atoms with van der Waals surface area (Å²) in [6.07, 6.45) is 4.33. The van der Waals surface area contributed by atoms with Gasteiger partial charge in [-0.1, -0.05) is 32.1 Å². The summed E-state index contributed by atoms with van der Waals surface area (Å²) in [7, 11) is 0. The molecule has 1 aromatic heterocycles. The van der Waals surface area contributed by atoms with Gasteiger partial charge in [-0.15, -0.1) is 10.2 Å². The fourth-order valence-corrected chi connectivity index (χ4v) is 2.69. The van der Waals surface area contributed by atoms with Gasteiger partial charge >= 0.3 is 0 Å². The second-order valence-electron chi connectivity index (χ2n) is 5.75. The first kappa shape index (κ1) is 15.2. The molecule has 20 heavy (non-hydrogen) atoms. The molecule has 0 spiro atoms. The van der Waals surface area contributed by atoms with Crippen LogP contribution in [-0.2, 0) is 0 Å². The van der Waals surface area contributed by atoms with Crippen LogP contribution in [0.3, 0.4) is 0 Å². The minimum atomic E-state index is 0.0511. The first-order chi connectivity index (χ1) is 9.61. The number of carbonyl (C=O) groups excluding carboxylic acids is 1. The number of hydrogen-bond donors (Lipinski definition) is 1. The third-order valence-electron chi connectivity index (χ3n) is 3.33. The van der Waals surface area contributed by atoms with Crippen LogP contribution in [0, 0.1) is 5.92 Å². The molecule has 2 rings (SSSR count). The van der Waals surface area contributed by atoms with E-state index in [2.05, 4.69) is 36.3 Å². The van der Waals surface area contributed by atoms with Crippen molar-refractivity contribution in [3.63, 3.8) is 0 Å². The van der Waals surface area contributed by atoms with Gasteiger partial charge in [-0.25, -0.2) is 0 Å². The maximum atomic E-state index is 12.5. The van der Waals surface area contributed by atoms with Crippen LogP contribution in [0.5, 0.6) is 0 Å². The van der Waals surface area contributed by atoms with E-state index in [1.807, 2.05) is 4.90 Å². The smallest absolute Gasteiger partial charge is 0.285 e. The summed E-state index contributed by atoms with van der Waals surface area (Å²) in [5.74, 6) is 0.662. The molecule has 0 unspecified atom stereocenters. The number of aromatic nitrogens is 2. The summed E-state index contributed by atoms with van der Waals surface area (Å²) in [4.78, 5) is 14.5. The van der Waals surface area contributed by atoms with Crippen molar-refractivity contribution in [2.45, 2.75) is 52.5 Å². The first-order valence-corrected chi connectivity index (χ1v) is 8.31. The molecule has 1 amide bonds. The van der Waals surface area contributed by atoms with Crippen LogP contribution in [0.1, 0.15) is 56.3 Å². The number of amides is 1. The second-order valence-corrected chi connectivity index (χ2v) is 6.73. The lowest BCUT2D eigenvalue weighted by Crippen LogP contribution is -2.34. The minimum Gasteiger partial charge on any atom is -0.360 e. The van der Waals surface area contributed by atoms with Crippen molar-refractivity contribution < 1.29 is 4.79 Å². The Bertz CT molecular complexity index is 442. The molecule has 0 bridgehead atoms. The van der Waals surface area contributed by atoms with E-state index >= 15 is 0 Å². The molecular formula is C14H24N4OS. The lowest BCUT2D eigenvalue weighted by atomic mass is 10.1. The van der Waals surface area contributed by atoms with E-state index < -0.39 is 0 Å². The van der Waals surface area contributed by atoms with Gasteiger partial charge in [0.05, 0.1) is 0 Å². The Balaban J connectivity index is 1.97. The Morgan fingerprint density at radius 1 is 1.45 bits per heavy atom. The summed E-state index contributed by atoms with van der Waals surface area (Å²) in [6.45, 7) is 8.17. The maximum absolute atomic E-state index is 12.5. The molecule has 112 valence electrons. The molecule has 1 fully saturated rings. The quantitative estimate of drug-likeness (QED) is 0.801. The minimum absolute atomic E-state index is 0.0511. The van der Waals surface area contributed by atoms with E-state index in [1.165, 1.54) is 11.3 Å². The molecule has 1 saturated carbocycles. The number of hydrogen-bond acceptors (Lipinski definition) is 5. The van der Waals surface area contributed by atoms with Gasteiger partial charge in [0.1, 0.15) is 0 Å². The maximum Gasteiger partial charge on any atom is 0.285 e. The van der Waals surface area contributed by atoms with E-state index in [-0.39, 0.29) is 5.91 Å². The zero-order valence-corrected chi connectivity index (χ0v) is 13.4. The van der Waals surface area contributed by atoms with Crippen LogP contribution in [0.2, 0.25) is 0 Å². The SMILES string of the molecule is CCCNc1nnc(C(=O)N(CCC(C)C)C2CC2)s1. The molecule has 0 radical (unpaired) electrons. The molecule has 0 aliphatic heterocycles. The van der Waals surface area contributed by atoms with Crippen molar-refractivity contribution in [2.24, 2.45) is 5.92 Å². The highest BCUT2D eigenvalue weighted by molar-refractivity contribution is 7.17. The topological polar surface area (TPSA) is 58.1 Å². The Morgan fingerprint density at radius 3 is 2.80 bits per heavy atom. The molecule has 0 atom stereocenters. The van der Waals surface area contributed by atoms with Gasteiger partial charge in [0.25, 0.3) is 5.91 Å². The Labute approximate surface area is 124 Å². The Kier molecular flexibility index (Phi) is 5.34. The molecule has 0 saturated heterocycles. The molecular weight excluding hydrogens is 272 g/mol. The Morgan fingerprint density at radius 2 is 2.20 bits per heavy atom. The summed E-state index contributed by atoms with van der Waals surface area (Å²) >= 11 is 1.36. The number of carbonyl (C=O) groups is 1. The van der Waals surface area contributed by atoms with Crippen LogP contribution >= 0.6 is 11.3 Å². The average Bonchev–Trinajstić information content (AvgIpc) is 3.14. The zero-order valence-electron chi connectivity index (χ0n) is 12.6. The fourth-order valence-electron chi connectivity index (χ4n) is 1.97. The van der Waals surface area contributed by atoms with E-state index in [0.29, 0.717) is 17.0 Å². The third-order valence-corrected chi connectivity index (χ3v) is 4.20. The second kappa shape index (κ2) is 7.02. The van der Waals surface area contributed by atoms with Crippen molar-refractivity contribution >= 4 is 22.4 Å². The van der Waals surface area contributed by atoms with Crippen molar-refractivity contribution in [3.8, 4) is 0 Å². The largest absolute Gasteiger partial charge is 0.360 e. The summed E-state index contributed by atoms with van der Waals surface area (Å²) in [6, 6.07) is 0.428. The van der Waals surface area contributed by atoms with Crippen LogP contribution in [0.15, 0.2) is 0 Å². The number of nitrogens with zero attached hydrogens (tertiary/aromatic N) is 3. The standard InChI is InChI=1S/C14H24N4OS/c1-4-8-15-14-17-16-12(20-14)13(19)18(11-5-6-11)9-7-10(2)3/h10-11H,4-9H2,1-3H3,(H,15,17). The summed E-state index contributed by atoms with van der Waals surface area (Å²) in [5, 5.41) is 12.5. The van der Waals surface area contributed by atoms with Crippen molar-refractivity contribution in [1.82, 2.24) is 15.1 Å². The van der Waals surface area contributed by atoms with E-state index in [1.54, 1.807) is 0 Å². The molecule has 1 heterocycles. The van der Waals surface area contributed by atoms with Gasteiger partial charge in [-0.2, -0.15) is 0 Å². The van der Waals surface area contributed by atoms with Crippen molar-refractivity contribution in [1.29, 1.82) is 0 Å².